The molecule has 0 radical (unpaired) electrons. The lowest BCUT2D eigenvalue weighted by Gasteiger charge is -2.21. The summed E-state index contributed by atoms with van der Waals surface area (Å²) in [4.78, 5) is 6.55. The summed E-state index contributed by atoms with van der Waals surface area (Å²) in [6.45, 7) is 10.0. The largest absolute Gasteiger partial charge is 0.573 e. The summed E-state index contributed by atoms with van der Waals surface area (Å²) in [6.07, 6.45) is 11.4. The van der Waals surface area contributed by atoms with Crippen molar-refractivity contribution in [2.24, 2.45) is 4.99 Å². The molecule has 186 valence electrons. The minimum absolute atomic E-state index is 0.0466. The quantitative estimate of drug-likeness (QED) is 0.266. The SMILES string of the molecule is C#C.C/C(Cl)=C/F.C/C=C(\C)C1N=C2C=CN(Cc3ccc(OC(F)(F)F)cc3)C=C2N1.CC. The molecular weight excluding hydrogens is 470 g/mol. The molecule has 0 amide bonds. The van der Waals surface area contributed by atoms with Gasteiger partial charge in [-0.05, 0) is 50.1 Å². The maximum atomic E-state index is 12.2. The second kappa shape index (κ2) is 15.6. The number of benzene rings is 1. The van der Waals surface area contributed by atoms with Gasteiger partial charge in [-0.1, -0.05) is 43.7 Å². The Hall–Kier alpha value is -3.18. The highest BCUT2D eigenvalue weighted by Crippen LogP contribution is 2.24. The number of hydrogen-bond donors (Lipinski definition) is 1. The molecule has 0 saturated carbocycles. The Kier molecular flexibility index (Phi) is 14.2. The Bertz CT molecular complexity index is 926. The standard InChI is InChI=1S/C18H18F3N3O.C3H4ClF.C2H6.C2H2/c1-3-12(2)17-22-15-8-9-24(11-16(15)23-17)10-13-4-6-14(7-5-13)25-18(19,20)21;1-3(4)2-5;2*1-2/h3-9,11,17,23H,10H2,1-2H3;2H,1H3;1-2H3;1-2H/b12-3+;3-2-;;. The zero-order chi connectivity index (χ0) is 26.3. The van der Waals surface area contributed by atoms with Crippen LogP contribution in [0.25, 0.3) is 0 Å². The molecule has 2 heterocycles. The normalized spacial score (nSPS) is 16.7. The van der Waals surface area contributed by atoms with Crippen LogP contribution in [0.1, 0.15) is 40.2 Å². The summed E-state index contributed by atoms with van der Waals surface area (Å²) in [6, 6.07) is 5.86. The number of alkyl halides is 3. The van der Waals surface area contributed by atoms with Gasteiger partial charge in [0.15, 0.2) is 0 Å². The van der Waals surface area contributed by atoms with E-state index in [1.165, 1.54) is 19.1 Å². The van der Waals surface area contributed by atoms with Crippen LogP contribution in [0.2, 0.25) is 0 Å². The summed E-state index contributed by atoms with van der Waals surface area (Å²) in [5, 5.41) is 3.53. The molecule has 0 fully saturated rings. The molecule has 1 N–H and O–H groups in total. The minimum atomic E-state index is -4.67. The average molecular weight is 500 g/mol. The van der Waals surface area contributed by atoms with Crippen LogP contribution < -0.4 is 10.1 Å². The third kappa shape index (κ3) is 11.1. The van der Waals surface area contributed by atoms with Crippen LogP contribution in [-0.4, -0.2) is 23.1 Å². The molecule has 2 aliphatic heterocycles. The first-order valence-corrected chi connectivity index (χ1v) is 10.7. The van der Waals surface area contributed by atoms with Crippen molar-refractivity contribution in [1.29, 1.82) is 0 Å². The molecule has 0 saturated heterocycles. The van der Waals surface area contributed by atoms with Gasteiger partial charge < -0.3 is 15.0 Å². The molecule has 0 bridgehead atoms. The van der Waals surface area contributed by atoms with Gasteiger partial charge in [0.1, 0.15) is 18.2 Å². The highest BCUT2D eigenvalue weighted by atomic mass is 35.5. The van der Waals surface area contributed by atoms with Crippen molar-refractivity contribution in [2.45, 2.75) is 53.7 Å². The first-order valence-electron chi connectivity index (χ1n) is 10.3. The number of allylic oxidation sites excluding steroid dienone is 3. The zero-order valence-corrected chi connectivity index (χ0v) is 20.6. The van der Waals surface area contributed by atoms with Gasteiger partial charge in [-0.2, -0.15) is 0 Å². The van der Waals surface area contributed by atoms with Crippen molar-refractivity contribution in [2.75, 3.05) is 0 Å². The smallest absolute Gasteiger partial charge is 0.406 e. The van der Waals surface area contributed by atoms with E-state index in [2.05, 4.69) is 27.9 Å². The van der Waals surface area contributed by atoms with Gasteiger partial charge in [0, 0.05) is 24.0 Å². The van der Waals surface area contributed by atoms with Crippen molar-refractivity contribution in [3.05, 3.63) is 77.0 Å². The summed E-state index contributed by atoms with van der Waals surface area (Å²) >= 11 is 4.95. The van der Waals surface area contributed by atoms with Crippen molar-refractivity contribution < 1.29 is 22.3 Å². The van der Waals surface area contributed by atoms with Gasteiger partial charge in [-0.3, -0.25) is 4.99 Å². The zero-order valence-electron chi connectivity index (χ0n) is 19.8. The van der Waals surface area contributed by atoms with Crippen molar-refractivity contribution >= 4 is 17.3 Å². The predicted octanol–water partition coefficient (Wildman–Crippen LogP) is 7.42. The first kappa shape index (κ1) is 30.8. The number of terminal acetylenes is 1. The molecule has 9 heteroatoms. The number of nitrogens with zero attached hydrogens (tertiary/aromatic N) is 2. The number of ether oxygens (including phenoxy) is 1. The van der Waals surface area contributed by atoms with E-state index in [1.54, 1.807) is 12.1 Å². The van der Waals surface area contributed by atoms with Gasteiger partial charge in [0.2, 0.25) is 0 Å². The van der Waals surface area contributed by atoms with E-state index in [9.17, 15) is 17.6 Å². The molecule has 1 unspecified atom stereocenters. The number of fused-ring (bicyclic) bond motifs is 1. The van der Waals surface area contributed by atoms with E-state index < -0.39 is 6.36 Å². The number of halogens is 5. The van der Waals surface area contributed by atoms with E-state index in [4.69, 9.17) is 11.6 Å². The Morgan fingerprint density at radius 2 is 1.76 bits per heavy atom. The third-order valence-electron chi connectivity index (χ3n) is 4.11. The predicted molar refractivity (Wildman–Crippen MR) is 132 cm³/mol. The third-order valence-corrected chi connectivity index (χ3v) is 4.20. The molecule has 0 aromatic heterocycles. The van der Waals surface area contributed by atoms with E-state index >= 15 is 0 Å². The number of aliphatic imine (C=N–C) groups is 1. The second-order valence-electron chi connectivity index (χ2n) is 6.51. The fourth-order valence-corrected chi connectivity index (χ4v) is 2.55. The summed E-state index contributed by atoms with van der Waals surface area (Å²) in [5.41, 5.74) is 3.85. The van der Waals surface area contributed by atoms with Crippen LogP contribution in [-0.2, 0) is 6.54 Å². The molecule has 4 nitrogen and oxygen atoms in total. The molecule has 1 atom stereocenters. The molecule has 1 aromatic rings. The van der Waals surface area contributed by atoms with Crippen LogP contribution in [0.15, 0.2) is 76.4 Å². The molecule has 0 spiro atoms. The summed E-state index contributed by atoms with van der Waals surface area (Å²) < 4.78 is 51.3. The molecule has 34 heavy (non-hydrogen) atoms. The maximum Gasteiger partial charge on any atom is 0.573 e. The molecule has 1 aromatic carbocycles. The Labute approximate surface area is 204 Å². The van der Waals surface area contributed by atoms with Crippen molar-refractivity contribution in [3.63, 3.8) is 0 Å². The molecule has 3 rings (SSSR count). The average Bonchev–Trinajstić information content (AvgIpc) is 3.25. The van der Waals surface area contributed by atoms with Crippen LogP contribution in [0.5, 0.6) is 5.75 Å². The number of hydrogen-bond acceptors (Lipinski definition) is 4. The molecule has 0 aliphatic carbocycles. The van der Waals surface area contributed by atoms with E-state index in [0.29, 0.717) is 12.9 Å². The second-order valence-corrected chi connectivity index (χ2v) is 7.11. The minimum Gasteiger partial charge on any atom is -0.406 e. The van der Waals surface area contributed by atoms with E-state index in [-0.39, 0.29) is 16.9 Å². The van der Waals surface area contributed by atoms with Crippen molar-refractivity contribution in [1.82, 2.24) is 10.2 Å². The van der Waals surface area contributed by atoms with Gasteiger partial charge >= 0.3 is 6.36 Å². The molecular formula is C25H30ClF4N3O. The topological polar surface area (TPSA) is 36.9 Å². The van der Waals surface area contributed by atoms with Crippen LogP contribution in [0.3, 0.4) is 0 Å². The summed E-state index contributed by atoms with van der Waals surface area (Å²) in [7, 11) is 0. The highest BCUT2D eigenvalue weighted by molar-refractivity contribution is 6.29. The summed E-state index contributed by atoms with van der Waals surface area (Å²) in [5.74, 6) is -0.222. The van der Waals surface area contributed by atoms with Gasteiger partial charge in [0.25, 0.3) is 0 Å². The van der Waals surface area contributed by atoms with Gasteiger partial charge in [-0.15, -0.1) is 26.0 Å². The van der Waals surface area contributed by atoms with Gasteiger partial charge in [0.05, 0.1) is 11.4 Å². The number of nitrogens with one attached hydrogen (secondary N) is 1. The van der Waals surface area contributed by atoms with E-state index in [1.807, 2.05) is 57.1 Å². The Morgan fingerprint density at radius 3 is 2.24 bits per heavy atom. The fourth-order valence-electron chi connectivity index (χ4n) is 2.55. The Balaban J connectivity index is 0.00000106. The van der Waals surface area contributed by atoms with Crippen LogP contribution in [0.4, 0.5) is 17.6 Å². The lowest BCUT2D eigenvalue weighted by atomic mass is 10.2. The monoisotopic (exact) mass is 499 g/mol. The lowest BCUT2D eigenvalue weighted by molar-refractivity contribution is -0.274. The van der Waals surface area contributed by atoms with E-state index in [0.717, 1.165) is 22.5 Å². The van der Waals surface area contributed by atoms with Gasteiger partial charge in [-0.25, -0.2) is 4.39 Å². The van der Waals surface area contributed by atoms with Crippen molar-refractivity contribution in [3.8, 4) is 18.6 Å². The van der Waals surface area contributed by atoms with Crippen LogP contribution in [0, 0.1) is 12.8 Å². The maximum absolute atomic E-state index is 12.2. The molecule has 2 aliphatic rings. The Morgan fingerprint density at radius 1 is 1.21 bits per heavy atom. The first-order chi connectivity index (χ1) is 16.1. The fraction of sp³-hybridized carbons (Fsp3) is 0.320. The number of rotatable bonds is 4. The van der Waals surface area contributed by atoms with Crippen LogP contribution >= 0.6 is 11.6 Å². The highest BCUT2D eigenvalue weighted by Gasteiger charge is 2.31. The lowest BCUT2D eigenvalue weighted by Crippen LogP contribution is -2.26.